The van der Waals surface area contributed by atoms with Crippen molar-refractivity contribution in [1.29, 1.82) is 0 Å². The maximum Gasteiger partial charge on any atom is 0.330 e. The van der Waals surface area contributed by atoms with E-state index in [4.69, 9.17) is 9.84 Å². The molecule has 0 bridgehead atoms. The van der Waals surface area contributed by atoms with Crippen LogP contribution in [0.15, 0.2) is 12.2 Å². The highest BCUT2D eigenvalue weighted by Gasteiger charge is 2.36. The van der Waals surface area contributed by atoms with Crippen molar-refractivity contribution in [1.82, 2.24) is 0 Å². The van der Waals surface area contributed by atoms with Gasteiger partial charge < -0.3 is 9.84 Å². The van der Waals surface area contributed by atoms with Crippen LogP contribution in [-0.2, 0) is 9.53 Å². The van der Waals surface area contributed by atoms with Crippen molar-refractivity contribution in [3.05, 3.63) is 12.2 Å². The van der Waals surface area contributed by atoms with Gasteiger partial charge in [0, 0.05) is 5.57 Å². The van der Waals surface area contributed by atoms with Crippen molar-refractivity contribution >= 4 is 5.97 Å². The summed E-state index contributed by atoms with van der Waals surface area (Å²) in [7, 11) is 0. The van der Waals surface area contributed by atoms with Crippen LogP contribution in [-0.4, -0.2) is 23.3 Å². The van der Waals surface area contributed by atoms with Gasteiger partial charge in [-0.25, -0.2) is 4.79 Å². The maximum atomic E-state index is 10.6. The quantitative estimate of drug-likeness (QED) is 0.193. The van der Waals surface area contributed by atoms with E-state index in [2.05, 4.69) is 13.5 Å². The lowest BCUT2D eigenvalue weighted by Crippen LogP contribution is -1.98. The molecule has 1 aliphatic heterocycles. The van der Waals surface area contributed by atoms with Gasteiger partial charge in [-0.2, -0.15) is 0 Å². The van der Waals surface area contributed by atoms with Gasteiger partial charge in [-0.15, -0.1) is 0 Å². The smallest absolute Gasteiger partial charge is 0.330 e. The molecular formula is C21H38O3. The summed E-state index contributed by atoms with van der Waals surface area (Å²) < 4.78 is 5.77. The van der Waals surface area contributed by atoms with Crippen LogP contribution in [0, 0.1) is 0 Å². The van der Waals surface area contributed by atoms with E-state index in [1.807, 2.05) is 0 Å². The first kappa shape index (κ1) is 21.2. The molecule has 0 saturated carbocycles. The molecule has 140 valence electrons. The van der Waals surface area contributed by atoms with Gasteiger partial charge in [-0.3, -0.25) is 0 Å². The van der Waals surface area contributed by atoms with Gasteiger partial charge in [0.15, 0.2) is 0 Å². The highest BCUT2D eigenvalue weighted by Crippen LogP contribution is 2.31. The third-order valence-electron chi connectivity index (χ3n) is 5.05. The minimum absolute atomic E-state index is 0.345. The van der Waals surface area contributed by atoms with Crippen molar-refractivity contribution in [2.75, 3.05) is 0 Å². The molecule has 3 heteroatoms. The molecule has 1 rings (SSSR count). The van der Waals surface area contributed by atoms with Gasteiger partial charge in [0.25, 0.3) is 0 Å². The molecule has 1 fully saturated rings. The van der Waals surface area contributed by atoms with Crippen molar-refractivity contribution < 1.29 is 14.6 Å². The molecule has 0 spiro atoms. The normalized spacial score (nSPS) is 19.4. The second kappa shape index (κ2) is 13.5. The van der Waals surface area contributed by atoms with Crippen molar-refractivity contribution in [2.45, 2.75) is 115 Å². The number of unbranched alkanes of at least 4 members (excludes halogenated alkanes) is 10. The highest BCUT2D eigenvalue weighted by molar-refractivity contribution is 5.85. The Morgan fingerprint density at radius 1 is 0.833 bits per heavy atom. The minimum atomic E-state index is -0.852. The van der Waals surface area contributed by atoms with Gasteiger partial charge in [0.2, 0.25) is 0 Å². The van der Waals surface area contributed by atoms with Crippen LogP contribution in [0.3, 0.4) is 0 Å². The largest absolute Gasteiger partial charge is 0.478 e. The fraction of sp³-hybridized carbons (Fsp3) is 0.857. The Kier molecular flexibility index (Phi) is 11.9. The fourth-order valence-electron chi connectivity index (χ4n) is 3.31. The molecule has 1 N–H and O–H groups in total. The Morgan fingerprint density at radius 2 is 1.29 bits per heavy atom. The lowest BCUT2D eigenvalue weighted by atomic mass is 10.0. The number of carboxylic acid groups (broad SMARTS) is 1. The van der Waals surface area contributed by atoms with Crippen molar-refractivity contribution in [3.8, 4) is 0 Å². The molecule has 0 aromatic heterocycles. The Hall–Kier alpha value is -0.830. The summed E-state index contributed by atoms with van der Waals surface area (Å²) in [6.07, 6.45) is 19.6. The van der Waals surface area contributed by atoms with Crippen LogP contribution in [0.25, 0.3) is 0 Å². The molecule has 3 nitrogen and oxygen atoms in total. The van der Waals surface area contributed by atoms with E-state index >= 15 is 0 Å². The summed E-state index contributed by atoms with van der Waals surface area (Å²) in [5, 5.41) is 8.72. The first-order chi connectivity index (χ1) is 11.6. The Morgan fingerprint density at radius 3 is 1.79 bits per heavy atom. The molecule has 0 radical (unpaired) electrons. The van der Waals surface area contributed by atoms with E-state index in [9.17, 15) is 4.79 Å². The van der Waals surface area contributed by atoms with E-state index in [1.165, 1.54) is 77.0 Å². The van der Waals surface area contributed by atoms with E-state index < -0.39 is 5.97 Å². The van der Waals surface area contributed by atoms with E-state index in [0.29, 0.717) is 24.2 Å². The molecule has 0 aliphatic carbocycles. The topological polar surface area (TPSA) is 49.8 Å². The zero-order chi connectivity index (χ0) is 17.6. The number of epoxide rings is 1. The average molecular weight is 339 g/mol. The standard InChI is InChI=1S/C21H38O3/c1-3-4-5-6-10-13-16-19-20(24-19)17-14-11-8-7-9-12-15-18(2)21(22)23/h19-20H,2-17H2,1H3,(H,22,23). The van der Waals surface area contributed by atoms with Crippen molar-refractivity contribution in [2.24, 2.45) is 0 Å². The van der Waals surface area contributed by atoms with Gasteiger partial charge in [0.1, 0.15) is 0 Å². The molecule has 0 amide bonds. The number of carbonyl (C=O) groups is 1. The fourth-order valence-corrected chi connectivity index (χ4v) is 3.31. The average Bonchev–Trinajstić information content (AvgIpc) is 3.31. The van der Waals surface area contributed by atoms with Crippen molar-refractivity contribution in [3.63, 3.8) is 0 Å². The monoisotopic (exact) mass is 338 g/mol. The molecule has 24 heavy (non-hydrogen) atoms. The maximum absolute atomic E-state index is 10.6. The van der Waals surface area contributed by atoms with Gasteiger partial charge >= 0.3 is 5.97 Å². The number of aliphatic carboxylic acids is 1. The molecular weight excluding hydrogens is 300 g/mol. The number of carboxylic acids is 1. The molecule has 1 saturated heterocycles. The third-order valence-corrected chi connectivity index (χ3v) is 5.05. The van der Waals surface area contributed by atoms with E-state index in [-0.39, 0.29) is 0 Å². The van der Waals surface area contributed by atoms with Crippen LogP contribution in [0.1, 0.15) is 103 Å². The predicted molar refractivity (Wildman–Crippen MR) is 100 cm³/mol. The van der Waals surface area contributed by atoms with Crippen LogP contribution >= 0.6 is 0 Å². The SMILES string of the molecule is C=C(CCCCCCCCC1OC1CCCCCCCC)C(=O)O. The summed E-state index contributed by atoms with van der Waals surface area (Å²) in [5.41, 5.74) is 0.345. The zero-order valence-corrected chi connectivity index (χ0v) is 15.7. The summed E-state index contributed by atoms with van der Waals surface area (Å²) >= 11 is 0. The van der Waals surface area contributed by atoms with Gasteiger partial charge in [-0.1, -0.05) is 84.1 Å². The molecule has 2 unspecified atom stereocenters. The lowest BCUT2D eigenvalue weighted by Gasteiger charge is -2.02. The van der Waals surface area contributed by atoms with Crippen LogP contribution in [0.5, 0.6) is 0 Å². The molecule has 0 aromatic carbocycles. The van der Waals surface area contributed by atoms with Gasteiger partial charge in [-0.05, 0) is 25.7 Å². The minimum Gasteiger partial charge on any atom is -0.478 e. The molecule has 2 atom stereocenters. The molecule has 1 aliphatic rings. The molecule has 1 heterocycles. The second-order valence-electron chi connectivity index (χ2n) is 7.34. The van der Waals surface area contributed by atoms with Gasteiger partial charge in [0.05, 0.1) is 12.2 Å². The second-order valence-corrected chi connectivity index (χ2v) is 7.34. The summed E-state index contributed by atoms with van der Waals surface area (Å²) in [6.45, 7) is 5.82. The predicted octanol–water partition coefficient (Wildman–Crippen LogP) is 6.27. The zero-order valence-electron chi connectivity index (χ0n) is 15.7. The Bertz CT molecular complexity index is 351. The Labute approximate surface area is 148 Å². The Balaban J connectivity index is 1.78. The number of ether oxygens (including phenoxy) is 1. The lowest BCUT2D eigenvalue weighted by molar-refractivity contribution is -0.132. The number of hydrogen-bond acceptors (Lipinski definition) is 2. The summed E-state index contributed by atoms with van der Waals surface area (Å²) in [4.78, 5) is 10.6. The summed E-state index contributed by atoms with van der Waals surface area (Å²) in [5.74, 6) is -0.852. The first-order valence-corrected chi connectivity index (χ1v) is 10.2. The third kappa shape index (κ3) is 10.9. The highest BCUT2D eigenvalue weighted by atomic mass is 16.6. The molecule has 0 aromatic rings. The number of rotatable bonds is 17. The summed E-state index contributed by atoms with van der Waals surface area (Å²) in [6, 6.07) is 0. The van der Waals surface area contributed by atoms with E-state index in [0.717, 1.165) is 12.8 Å². The van der Waals surface area contributed by atoms with Crippen LogP contribution in [0.4, 0.5) is 0 Å². The number of hydrogen-bond donors (Lipinski definition) is 1. The van der Waals surface area contributed by atoms with Crippen LogP contribution in [0.2, 0.25) is 0 Å². The first-order valence-electron chi connectivity index (χ1n) is 10.2. The van der Waals surface area contributed by atoms with Crippen LogP contribution < -0.4 is 0 Å². The van der Waals surface area contributed by atoms with E-state index in [1.54, 1.807) is 0 Å².